The number of hydrogen-bond acceptors (Lipinski definition) is 6. The van der Waals surface area contributed by atoms with Gasteiger partial charge in [-0.3, -0.25) is 0 Å². The molecule has 2 aromatic carbocycles. The van der Waals surface area contributed by atoms with Crippen molar-refractivity contribution in [1.29, 1.82) is 0 Å². The van der Waals surface area contributed by atoms with Crippen LogP contribution in [0.2, 0.25) is 5.02 Å². The summed E-state index contributed by atoms with van der Waals surface area (Å²) < 4.78 is 60.0. The van der Waals surface area contributed by atoms with Gasteiger partial charge in [0.1, 0.15) is 5.65 Å². The van der Waals surface area contributed by atoms with Gasteiger partial charge in [0.05, 0.1) is 34.2 Å². The van der Waals surface area contributed by atoms with E-state index >= 15 is 0 Å². The number of sulfone groups is 1. The molecule has 37 heavy (non-hydrogen) atoms. The van der Waals surface area contributed by atoms with Crippen molar-refractivity contribution in [3.05, 3.63) is 53.7 Å². The van der Waals surface area contributed by atoms with Crippen LogP contribution in [0.15, 0.2) is 53.6 Å². The maximum absolute atomic E-state index is 14.9. The van der Waals surface area contributed by atoms with Crippen molar-refractivity contribution in [3.63, 3.8) is 0 Å². The van der Waals surface area contributed by atoms with Crippen molar-refractivity contribution >= 4 is 43.4 Å². The van der Waals surface area contributed by atoms with Gasteiger partial charge in [-0.25, -0.2) is 13.4 Å². The number of nitrogens with zero attached hydrogens (tertiary/aromatic N) is 2. The van der Waals surface area contributed by atoms with Crippen LogP contribution in [0.5, 0.6) is 5.75 Å². The molecule has 11 heteroatoms. The van der Waals surface area contributed by atoms with E-state index in [4.69, 9.17) is 21.4 Å². The summed E-state index contributed by atoms with van der Waals surface area (Å²) >= 11 is 6.21. The molecule has 0 spiro atoms. The van der Waals surface area contributed by atoms with Gasteiger partial charge in [0.25, 0.3) is 0 Å². The number of hydrogen-bond donors (Lipinski definition) is 2. The monoisotopic (exact) mass is 551 g/mol. The largest absolute Gasteiger partial charge is 0.430 e. The molecule has 0 radical (unpaired) electrons. The van der Waals surface area contributed by atoms with Crippen LogP contribution in [0.4, 0.5) is 8.78 Å². The lowest BCUT2D eigenvalue weighted by atomic mass is 9.99. The quantitative estimate of drug-likeness (QED) is 0.255. The molecule has 2 N–H and O–H groups in total. The third-order valence-corrected chi connectivity index (χ3v) is 8.20. The molecule has 0 aliphatic rings. The number of aromatic amines is 1. The molecule has 0 atom stereocenters. The van der Waals surface area contributed by atoms with Crippen LogP contribution in [-0.4, -0.2) is 66.5 Å². The number of aliphatic hydroxyl groups is 1. The normalized spacial score (nSPS) is 12.6. The second kappa shape index (κ2) is 10.9. The number of pyridine rings is 1. The number of H-pyrrole nitrogens is 1. The Morgan fingerprint density at radius 2 is 1.95 bits per heavy atom. The van der Waals surface area contributed by atoms with E-state index in [0.29, 0.717) is 51.2 Å². The fraction of sp³-hybridized carbons (Fsp3) is 0.346. The molecule has 0 saturated heterocycles. The molecule has 4 aromatic rings. The van der Waals surface area contributed by atoms with Crippen molar-refractivity contribution in [3.8, 4) is 16.9 Å². The van der Waals surface area contributed by atoms with Crippen molar-refractivity contribution in [2.24, 2.45) is 0 Å². The highest BCUT2D eigenvalue weighted by atomic mass is 35.5. The third kappa shape index (κ3) is 5.87. The molecule has 0 saturated carbocycles. The van der Waals surface area contributed by atoms with E-state index in [0.717, 1.165) is 0 Å². The molecular weight excluding hydrogens is 524 g/mol. The maximum atomic E-state index is 14.9. The van der Waals surface area contributed by atoms with Crippen molar-refractivity contribution in [2.45, 2.75) is 31.3 Å². The summed E-state index contributed by atoms with van der Waals surface area (Å²) in [5.41, 5.74) is 1.95. The van der Waals surface area contributed by atoms with E-state index in [2.05, 4.69) is 9.97 Å². The number of nitrogens with one attached hydrogen (secondary N) is 1. The van der Waals surface area contributed by atoms with Crippen LogP contribution in [0.25, 0.3) is 33.1 Å². The van der Waals surface area contributed by atoms with Crippen molar-refractivity contribution in [2.75, 3.05) is 32.0 Å². The van der Waals surface area contributed by atoms with Crippen molar-refractivity contribution < 1.29 is 27.0 Å². The molecule has 0 unspecified atom stereocenters. The maximum Gasteiger partial charge on any atom is 0.399 e. The highest BCUT2D eigenvalue weighted by Gasteiger charge is 2.33. The Morgan fingerprint density at radius 3 is 2.65 bits per heavy atom. The third-order valence-electron chi connectivity index (χ3n) is 6.26. The van der Waals surface area contributed by atoms with Gasteiger partial charge in [0, 0.05) is 30.1 Å². The number of alkyl halides is 2. The standard InChI is InChI=1S/C26H28ClF2N3O4S/c1-3-32(12-13-33)11-10-26(28,29)36-22-9-8-20(17-6-5-7-19(14-17)37(34,35)4-2)23-21-15-18(27)16-30-25(21)31-24(22)23/h5-9,14-16,33H,3-4,10-13H2,1-2H3,(H,30,31). The summed E-state index contributed by atoms with van der Waals surface area (Å²) in [6.07, 6.45) is -2.59. The highest BCUT2D eigenvalue weighted by molar-refractivity contribution is 7.91. The minimum atomic E-state index is -3.48. The zero-order valence-corrected chi connectivity index (χ0v) is 22.0. The zero-order valence-electron chi connectivity index (χ0n) is 20.5. The van der Waals surface area contributed by atoms with Gasteiger partial charge in [-0.1, -0.05) is 37.6 Å². The van der Waals surface area contributed by atoms with Gasteiger partial charge in [-0.2, -0.15) is 8.78 Å². The molecule has 2 heterocycles. The minimum absolute atomic E-state index is 0.0475. The Bertz CT molecular complexity index is 1530. The molecule has 7 nitrogen and oxygen atoms in total. The van der Waals surface area contributed by atoms with Gasteiger partial charge in [0.15, 0.2) is 15.6 Å². The summed E-state index contributed by atoms with van der Waals surface area (Å²) in [4.78, 5) is 9.25. The van der Waals surface area contributed by atoms with E-state index in [9.17, 15) is 17.2 Å². The lowest BCUT2D eigenvalue weighted by molar-refractivity contribution is -0.182. The first-order valence-electron chi connectivity index (χ1n) is 11.9. The fourth-order valence-corrected chi connectivity index (χ4v) is 5.34. The van der Waals surface area contributed by atoms with Gasteiger partial charge in [0.2, 0.25) is 0 Å². The van der Waals surface area contributed by atoms with E-state index in [1.165, 1.54) is 18.3 Å². The Balaban J connectivity index is 1.82. The average Bonchev–Trinajstić information content (AvgIpc) is 3.26. The first kappa shape index (κ1) is 27.3. The summed E-state index contributed by atoms with van der Waals surface area (Å²) in [5, 5.41) is 10.6. The number of halogens is 3. The second-order valence-corrected chi connectivity index (χ2v) is 11.3. The second-order valence-electron chi connectivity index (χ2n) is 8.61. The fourth-order valence-electron chi connectivity index (χ4n) is 4.25. The number of likely N-dealkylation sites (N-methyl/N-ethyl adjacent to an activating group) is 1. The van der Waals surface area contributed by atoms with E-state index in [1.807, 2.05) is 6.92 Å². The molecular formula is C26H28ClF2N3O4S. The average molecular weight is 552 g/mol. The molecule has 0 aliphatic heterocycles. The number of ether oxygens (including phenoxy) is 1. The van der Waals surface area contributed by atoms with Gasteiger partial charge in [-0.05, 0) is 48.0 Å². The first-order chi connectivity index (χ1) is 17.6. The molecule has 2 aromatic heterocycles. The van der Waals surface area contributed by atoms with Crippen LogP contribution < -0.4 is 4.74 Å². The van der Waals surface area contributed by atoms with Crippen LogP contribution in [0, 0.1) is 0 Å². The predicted octanol–water partition coefficient (Wildman–Crippen LogP) is 5.51. The Kier molecular flexibility index (Phi) is 8.03. The molecule has 0 aliphatic carbocycles. The molecule has 198 valence electrons. The summed E-state index contributed by atoms with van der Waals surface area (Å²) in [7, 11) is -3.45. The van der Waals surface area contributed by atoms with Crippen molar-refractivity contribution in [1.82, 2.24) is 14.9 Å². The summed E-state index contributed by atoms with van der Waals surface area (Å²) in [6.45, 7) is 4.16. The smallest absolute Gasteiger partial charge is 0.399 e. The van der Waals surface area contributed by atoms with Crippen LogP contribution in [0.1, 0.15) is 20.3 Å². The van der Waals surface area contributed by atoms with Gasteiger partial charge < -0.3 is 19.7 Å². The Morgan fingerprint density at radius 1 is 1.16 bits per heavy atom. The molecule has 4 rings (SSSR count). The zero-order chi connectivity index (χ0) is 26.8. The number of aliphatic hydroxyl groups excluding tert-OH is 1. The summed E-state index contributed by atoms with van der Waals surface area (Å²) in [5.74, 6) is -0.117. The lowest BCUT2D eigenvalue weighted by Gasteiger charge is -2.24. The molecule has 0 bridgehead atoms. The van der Waals surface area contributed by atoms with Gasteiger partial charge in [-0.15, -0.1) is 0 Å². The minimum Gasteiger partial charge on any atom is -0.430 e. The molecule has 0 amide bonds. The van der Waals surface area contributed by atoms with Crippen LogP contribution in [-0.2, 0) is 9.84 Å². The number of fused-ring (bicyclic) bond motifs is 3. The number of benzene rings is 2. The first-order valence-corrected chi connectivity index (χ1v) is 13.9. The van der Waals surface area contributed by atoms with Crippen LogP contribution in [0.3, 0.4) is 0 Å². The van der Waals surface area contributed by atoms with Crippen LogP contribution >= 0.6 is 11.6 Å². The Hall–Kier alpha value is -2.79. The molecule has 0 fully saturated rings. The van der Waals surface area contributed by atoms with E-state index in [-0.39, 0.29) is 29.5 Å². The Labute approximate surface area is 218 Å². The predicted molar refractivity (Wildman–Crippen MR) is 141 cm³/mol. The van der Waals surface area contributed by atoms with E-state index < -0.39 is 22.4 Å². The van der Waals surface area contributed by atoms with E-state index in [1.54, 1.807) is 42.2 Å². The summed E-state index contributed by atoms with van der Waals surface area (Å²) in [6, 6.07) is 11.2. The highest BCUT2D eigenvalue weighted by Crippen LogP contribution is 2.41. The number of rotatable bonds is 11. The lowest BCUT2D eigenvalue weighted by Crippen LogP contribution is -2.34. The van der Waals surface area contributed by atoms with Gasteiger partial charge >= 0.3 is 6.11 Å². The topological polar surface area (TPSA) is 95.5 Å². The number of aromatic nitrogens is 2. The SMILES string of the molecule is CCN(CCO)CCC(F)(F)Oc1ccc(-c2cccc(S(=O)(=O)CC)c2)c2c1[nH]c1ncc(Cl)cc12.